The van der Waals surface area contributed by atoms with Gasteiger partial charge in [0.15, 0.2) is 5.11 Å². The van der Waals surface area contributed by atoms with E-state index in [1.807, 2.05) is 31.2 Å². The maximum absolute atomic E-state index is 13.7. The van der Waals surface area contributed by atoms with Crippen LogP contribution in [0.3, 0.4) is 0 Å². The van der Waals surface area contributed by atoms with Gasteiger partial charge in [-0.2, -0.15) is 0 Å². The molecule has 0 aliphatic heterocycles. The van der Waals surface area contributed by atoms with Crippen LogP contribution in [0.25, 0.3) is 0 Å². The van der Waals surface area contributed by atoms with E-state index in [9.17, 15) is 4.39 Å². The summed E-state index contributed by atoms with van der Waals surface area (Å²) in [6, 6.07) is 11.7. The molecule has 0 aromatic heterocycles. The van der Waals surface area contributed by atoms with Crippen LogP contribution in [0.15, 0.2) is 42.5 Å². The molecule has 0 atom stereocenters. The zero-order chi connectivity index (χ0) is 15.2. The van der Waals surface area contributed by atoms with Crippen LogP contribution in [0.2, 0.25) is 5.02 Å². The molecule has 110 valence electrons. The van der Waals surface area contributed by atoms with Gasteiger partial charge in [0, 0.05) is 5.02 Å². The molecule has 2 aromatic carbocycles. The van der Waals surface area contributed by atoms with Crippen LogP contribution in [0, 0.1) is 5.82 Å². The fraction of sp³-hybridized carbons (Fsp3) is 0.133. The third-order valence-electron chi connectivity index (χ3n) is 2.61. The first-order valence-electron chi connectivity index (χ1n) is 6.35. The van der Waals surface area contributed by atoms with Crippen molar-refractivity contribution in [2.75, 3.05) is 17.2 Å². The van der Waals surface area contributed by atoms with Gasteiger partial charge in [-0.3, -0.25) is 0 Å². The number of nitrogens with one attached hydrogen (secondary N) is 2. The molecule has 0 saturated carbocycles. The second-order valence-electron chi connectivity index (χ2n) is 4.13. The number of benzene rings is 2. The van der Waals surface area contributed by atoms with Gasteiger partial charge in [0.25, 0.3) is 0 Å². The largest absolute Gasteiger partial charge is 0.492 e. The van der Waals surface area contributed by atoms with Crippen molar-refractivity contribution in [3.63, 3.8) is 0 Å². The van der Waals surface area contributed by atoms with Gasteiger partial charge in [0.1, 0.15) is 11.6 Å². The number of hydrogen-bond donors (Lipinski definition) is 2. The van der Waals surface area contributed by atoms with Crippen molar-refractivity contribution >= 4 is 40.3 Å². The van der Waals surface area contributed by atoms with Crippen molar-refractivity contribution in [2.45, 2.75) is 6.92 Å². The van der Waals surface area contributed by atoms with E-state index in [-0.39, 0.29) is 10.8 Å². The Morgan fingerprint density at radius 1 is 1.19 bits per heavy atom. The van der Waals surface area contributed by atoms with E-state index in [4.69, 9.17) is 28.6 Å². The lowest BCUT2D eigenvalue weighted by molar-refractivity contribution is 0.342. The third-order valence-corrected chi connectivity index (χ3v) is 3.05. The highest BCUT2D eigenvalue weighted by molar-refractivity contribution is 7.80. The zero-order valence-corrected chi connectivity index (χ0v) is 12.9. The Hall–Kier alpha value is -1.85. The van der Waals surface area contributed by atoms with Gasteiger partial charge >= 0.3 is 0 Å². The average molecular weight is 325 g/mol. The predicted octanol–water partition coefficient (Wildman–Crippen LogP) is 4.69. The number of thiocarbonyl (C=S) groups is 1. The molecule has 2 aromatic rings. The topological polar surface area (TPSA) is 33.3 Å². The lowest BCUT2D eigenvalue weighted by atomic mass is 10.3. The molecule has 6 heteroatoms. The van der Waals surface area contributed by atoms with Crippen LogP contribution < -0.4 is 15.4 Å². The number of halogens is 2. The summed E-state index contributed by atoms with van der Waals surface area (Å²) in [5.74, 6) is 0.213. The molecule has 0 radical (unpaired) electrons. The fourth-order valence-corrected chi connectivity index (χ4v) is 2.10. The molecule has 2 rings (SSSR count). The van der Waals surface area contributed by atoms with Crippen LogP contribution in [0.5, 0.6) is 5.75 Å². The standard InChI is InChI=1S/C15H14ClFN2OS/c1-2-20-14-6-4-3-5-13(14)19-15(21)18-12-8-7-10(16)9-11(12)17/h3-9H,2H2,1H3,(H2,18,19,21). The summed E-state index contributed by atoms with van der Waals surface area (Å²) < 4.78 is 19.2. The molecule has 0 heterocycles. The van der Waals surface area contributed by atoms with Crippen molar-refractivity contribution in [3.8, 4) is 5.75 Å². The van der Waals surface area contributed by atoms with Crippen molar-refractivity contribution in [3.05, 3.63) is 53.3 Å². The van der Waals surface area contributed by atoms with Crippen LogP contribution in [0.4, 0.5) is 15.8 Å². The van der Waals surface area contributed by atoms with E-state index in [0.29, 0.717) is 23.1 Å². The molecule has 0 amide bonds. The minimum atomic E-state index is -0.468. The Kier molecular flexibility index (Phi) is 5.36. The first kappa shape index (κ1) is 15.5. The highest BCUT2D eigenvalue weighted by Gasteiger charge is 2.07. The van der Waals surface area contributed by atoms with Crippen molar-refractivity contribution < 1.29 is 9.13 Å². The molecule has 2 N–H and O–H groups in total. The Labute approximate surface area is 133 Å². The fourth-order valence-electron chi connectivity index (χ4n) is 1.72. The quantitative estimate of drug-likeness (QED) is 0.800. The smallest absolute Gasteiger partial charge is 0.175 e. The number of para-hydroxylation sites is 2. The van der Waals surface area contributed by atoms with Gasteiger partial charge in [-0.25, -0.2) is 4.39 Å². The molecule has 0 saturated heterocycles. The molecule has 0 unspecified atom stereocenters. The molecular formula is C15H14ClFN2OS. The molecule has 0 bridgehead atoms. The number of ether oxygens (including phenoxy) is 1. The van der Waals surface area contributed by atoms with Gasteiger partial charge in [-0.1, -0.05) is 23.7 Å². The highest BCUT2D eigenvalue weighted by Crippen LogP contribution is 2.24. The van der Waals surface area contributed by atoms with E-state index in [0.717, 1.165) is 0 Å². The molecule has 0 fully saturated rings. The van der Waals surface area contributed by atoms with E-state index < -0.39 is 5.82 Å². The zero-order valence-electron chi connectivity index (χ0n) is 11.3. The Morgan fingerprint density at radius 3 is 2.62 bits per heavy atom. The summed E-state index contributed by atoms with van der Waals surface area (Å²) in [5.41, 5.74) is 0.969. The van der Waals surface area contributed by atoms with Gasteiger partial charge in [0.2, 0.25) is 0 Å². The number of rotatable bonds is 4. The summed E-state index contributed by atoms with van der Waals surface area (Å²) in [5, 5.41) is 6.37. The maximum Gasteiger partial charge on any atom is 0.175 e. The average Bonchev–Trinajstić information content (AvgIpc) is 2.44. The van der Waals surface area contributed by atoms with Crippen LogP contribution in [-0.4, -0.2) is 11.7 Å². The van der Waals surface area contributed by atoms with Crippen LogP contribution in [0.1, 0.15) is 6.92 Å². The van der Waals surface area contributed by atoms with Crippen LogP contribution in [-0.2, 0) is 0 Å². The molecule has 0 aliphatic carbocycles. The van der Waals surface area contributed by atoms with Crippen molar-refractivity contribution in [1.29, 1.82) is 0 Å². The highest BCUT2D eigenvalue weighted by atomic mass is 35.5. The normalized spacial score (nSPS) is 10.0. The van der Waals surface area contributed by atoms with E-state index in [2.05, 4.69) is 10.6 Å². The predicted molar refractivity (Wildman–Crippen MR) is 88.9 cm³/mol. The molecule has 0 aliphatic rings. The first-order valence-corrected chi connectivity index (χ1v) is 7.13. The molecule has 21 heavy (non-hydrogen) atoms. The summed E-state index contributed by atoms with van der Waals surface area (Å²) in [6.07, 6.45) is 0. The molecule has 3 nitrogen and oxygen atoms in total. The van der Waals surface area contributed by atoms with Crippen molar-refractivity contribution in [2.24, 2.45) is 0 Å². The molecule has 0 spiro atoms. The first-order chi connectivity index (χ1) is 10.1. The lowest BCUT2D eigenvalue weighted by Gasteiger charge is -2.14. The van der Waals surface area contributed by atoms with Gasteiger partial charge in [-0.05, 0) is 49.5 Å². The summed E-state index contributed by atoms with van der Waals surface area (Å²) in [6.45, 7) is 2.45. The summed E-state index contributed by atoms with van der Waals surface area (Å²) >= 11 is 10.9. The second-order valence-corrected chi connectivity index (χ2v) is 4.98. The lowest BCUT2D eigenvalue weighted by Crippen LogP contribution is -2.20. The van der Waals surface area contributed by atoms with Gasteiger partial charge in [0.05, 0.1) is 18.0 Å². The minimum absolute atomic E-state index is 0.255. The van der Waals surface area contributed by atoms with Crippen molar-refractivity contribution in [1.82, 2.24) is 0 Å². The van der Waals surface area contributed by atoms with E-state index in [1.54, 1.807) is 6.07 Å². The Balaban J connectivity index is 2.08. The SMILES string of the molecule is CCOc1ccccc1NC(=S)Nc1ccc(Cl)cc1F. The minimum Gasteiger partial charge on any atom is -0.492 e. The summed E-state index contributed by atoms with van der Waals surface area (Å²) in [4.78, 5) is 0. The van der Waals surface area contributed by atoms with E-state index >= 15 is 0 Å². The maximum atomic E-state index is 13.7. The van der Waals surface area contributed by atoms with Gasteiger partial charge < -0.3 is 15.4 Å². The monoisotopic (exact) mass is 324 g/mol. The second kappa shape index (κ2) is 7.24. The number of hydrogen-bond acceptors (Lipinski definition) is 2. The van der Waals surface area contributed by atoms with E-state index in [1.165, 1.54) is 12.1 Å². The number of anilines is 2. The van der Waals surface area contributed by atoms with Gasteiger partial charge in [-0.15, -0.1) is 0 Å². The summed E-state index contributed by atoms with van der Waals surface area (Å²) in [7, 11) is 0. The Morgan fingerprint density at radius 2 is 1.90 bits per heavy atom. The Bertz CT molecular complexity index is 651. The third kappa shape index (κ3) is 4.31. The van der Waals surface area contributed by atoms with Crippen LogP contribution >= 0.6 is 23.8 Å². The molecular weight excluding hydrogens is 311 g/mol.